The molecule has 0 atom stereocenters. The number of fused-ring (bicyclic) bond motifs is 1. The molecule has 1 saturated carbocycles. The predicted octanol–water partition coefficient (Wildman–Crippen LogP) is 1.84. The van der Waals surface area contributed by atoms with Gasteiger partial charge in [0.2, 0.25) is 5.95 Å². The number of imidazole rings is 1. The molecule has 2 aliphatic rings. The fourth-order valence-corrected chi connectivity index (χ4v) is 3.68. The smallest absolute Gasteiger partial charge is 0.270 e. The number of aromatic nitrogens is 4. The first-order valence-electron chi connectivity index (χ1n) is 10.3. The summed E-state index contributed by atoms with van der Waals surface area (Å²) in [4.78, 5) is 26.1. The van der Waals surface area contributed by atoms with Crippen LogP contribution in [-0.2, 0) is 17.6 Å². The van der Waals surface area contributed by atoms with Crippen LogP contribution in [0.1, 0.15) is 58.0 Å². The maximum Gasteiger partial charge on any atom is 0.270 e. The van der Waals surface area contributed by atoms with Crippen LogP contribution in [0.5, 0.6) is 0 Å². The summed E-state index contributed by atoms with van der Waals surface area (Å²) in [6, 6.07) is -0.00679. The van der Waals surface area contributed by atoms with Crippen molar-refractivity contribution in [2.24, 2.45) is 0 Å². The molecule has 0 aliphatic heterocycles. The lowest BCUT2D eigenvalue weighted by Gasteiger charge is -2.28. The predicted molar refractivity (Wildman–Crippen MR) is 91.7 cm³/mol. The molecule has 0 aromatic carbocycles. The number of ether oxygens (including phenoxy) is 1. The fourth-order valence-electron chi connectivity index (χ4n) is 3.68. The zero-order valence-corrected chi connectivity index (χ0v) is 13.9. The molecular formula is C18H23N5O2. The van der Waals surface area contributed by atoms with Gasteiger partial charge in [0.05, 0.1) is 10.2 Å². The van der Waals surface area contributed by atoms with Gasteiger partial charge in [-0.1, -0.05) is 0 Å². The van der Waals surface area contributed by atoms with Crippen molar-refractivity contribution in [3.8, 4) is 5.95 Å². The number of hydrogen-bond acceptors (Lipinski definition) is 5. The van der Waals surface area contributed by atoms with Gasteiger partial charge in [-0.15, -0.1) is 0 Å². The molecule has 2 aromatic rings. The van der Waals surface area contributed by atoms with Gasteiger partial charge >= 0.3 is 0 Å². The third kappa shape index (κ3) is 3.28. The standard InChI is InChI=1S/C18H23N5O2/c1-25-13-7-5-12(6-8-13)20-17(24)16-14-3-2-4-15(14)21-18(22-16)23-10-9-19-11-23/h9-13H,2-8H2,1H3,(H,20,24)/i1D3. The highest BCUT2D eigenvalue weighted by atomic mass is 16.5. The Balaban J connectivity index is 1.46. The molecular weight excluding hydrogens is 318 g/mol. The lowest BCUT2D eigenvalue weighted by molar-refractivity contribution is 0.0598. The Morgan fingerprint density at radius 1 is 1.32 bits per heavy atom. The Hall–Kier alpha value is -2.28. The molecule has 0 unspecified atom stereocenters. The molecule has 0 bridgehead atoms. The summed E-state index contributed by atoms with van der Waals surface area (Å²) >= 11 is 0. The van der Waals surface area contributed by atoms with E-state index in [-0.39, 0.29) is 18.1 Å². The number of nitrogens with one attached hydrogen (secondary N) is 1. The fraction of sp³-hybridized carbons (Fsp3) is 0.556. The van der Waals surface area contributed by atoms with Crippen molar-refractivity contribution in [1.29, 1.82) is 0 Å². The van der Waals surface area contributed by atoms with Crippen LogP contribution >= 0.6 is 0 Å². The van der Waals surface area contributed by atoms with Gasteiger partial charge in [-0.05, 0) is 44.9 Å². The van der Waals surface area contributed by atoms with Crippen LogP contribution in [0.15, 0.2) is 18.7 Å². The minimum atomic E-state index is -2.37. The van der Waals surface area contributed by atoms with Crippen LogP contribution in [0.4, 0.5) is 0 Å². The van der Waals surface area contributed by atoms with E-state index in [0.717, 1.165) is 30.5 Å². The number of nitrogens with zero attached hydrogens (tertiary/aromatic N) is 4. The van der Waals surface area contributed by atoms with Crippen molar-refractivity contribution in [3.63, 3.8) is 0 Å². The van der Waals surface area contributed by atoms with Crippen LogP contribution in [0.25, 0.3) is 5.95 Å². The normalized spacial score (nSPS) is 24.9. The molecule has 7 heteroatoms. The summed E-state index contributed by atoms with van der Waals surface area (Å²) in [7, 11) is -2.37. The second-order valence-corrected chi connectivity index (χ2v) is 6.69. The molecule has 2 aromatic heterocycles. The van der Waals surface area contributed by atoms with E-state index in [2.05, 4.69) is 20.3 Å². The van der Waals surface area contributed by atoms with Gasteiger partial charge < -0.3 is 10.1 Å². The van der Waals surface area contributed by atoms with Gasteiger partial charge in [-0.3, -0.25) is 9.36 Å². The third-order valence-corrected chi connectivity index (χ3v) is 5.05. The van der Waals surface area contributed by atoms with Gasteiger partial charge in [0, 0.05) is 36.7 Å². The summed E-state index contributed by atoms with van der Waals surface area (Å²) in [5.41, 5.74) is 2.30. The summed E-state index contributed by atoms with van der Waals surface area (Å²) in [5.74, 6) is 0.264. The van der Waals surface area contributed by atoms with Gasteiger partial charge in [-0.25, -0.2) is 15.0 Å². The summed E-state index contributed by atoms with van der Waals surface area (Å²) < 4.78 is 28.4. The van der Waals surface area contributed by atoms with Crippen LogP contribution in [0.3, 0.4) is 0 Å². The SMILES string of the molecule is [2H]C([2H])([2H])OC1CCC(NC(=O)c2nc(-n3ccnc3)nc3c2CCC3)CC1. The minimum absolute atomic E-state index is 0.00679. The molecule has 25 heavy (non-hydrogen) atoms. The highest BCUT2D eigenvalue weighted by Crippen LogP contribution is 2.25. The highest BCUT2D eigenvalue weighted by Gasteiger charge is 2.27. The second kappa shape index (κ2) is 6.92. The zero-order valence-electron chi connectivity index (χ0n) is 16.9. The molecule has 1 fully saturated rings. The Kier molecular flexibility index (Phi) is 3.59. The van der Waals surface area contributed by atoms with Gasteiger partial charge in [0.25, 0.3) is 5.91 Å². The largest absolute Gasteiger partial charge is 0.381 e. The van der Waals surface area contributed by atoms with E-state index in [1.807, 2.05) is 0 Å². The maximum atomic E-state index is 13.0. The number of aryl methyl sites for hydroxylation is 1. The zero-order chi connectivity index (χ0) is 19.7. The Morgan fingerprint density at radius 2 is 2.20 bits per heavy atom. The topological polar surface area (TPSA) is 81.9 Å². The van der Waals surface area contributed by atoms with Crippen LogP contribution in [0.2, 0.25) is 0 Å². The number of carbonyl (C=O) groups is 1. The van der Waals surface area contributed by atoms with Crippen molar-refractivity contribution < 1.29 is 13.6 Å². The van der Waals surface area contributed by atoms with E-state index in [9.17, 15) is 4.79 Å². The average Bonchev–Trinajstić information content (AvgIpc) is 3.32. The minimum Gasteiger partial charge on any atom is -0.381 e. The first kappa shape index (κ1) is 13.0. The van der Waals surface area contributed by atoms with Crippen molar-refractivity contribution in [3.05, 3.63) is 35.7 Å². The first-order valence-corrected chi connectivity index (χ1v) is 8.76. The monoisotopic (exact) mass is 344 g/mol. The highest BCUT2D eigenvalue weighted by molar-refractivity contribution is 5.94. The third-order valence-electron chi connectivity index (χ3n) is 5.05. The molecule has 2 heterocycles. The quantitative estimate of drug-likeness (QED) is 0.915. The van der Waals surface area contributed by atoms with Crippen molar-refractivity contribution in [1.82, 2.24) is 24.8 Å². The lowest BCUT2D eigenvalue weighted by atomic mass is 9.93. The van der Waals surface area contributed by atoms with E-state index in [0.29, 0.717) is 37.3 Å². The number of amides is 1. The molecule has 7 nitrogen and oxygen atoms in total. The molecule has 1 N–H and O–H groups in total. The van der Waals surface area contributed by atoms with Crippen LogP contribution < -0.4 is 5.32 Å². The van der Waals surface area contributed by atoms with E-state index >= 15 is 0 Å². The number of methoxy groups -OCH3 is 1. The van der Waals surface area contributed by atoms with Gasteiger partial charge in [0.1, 0.15) is 12.0 Å². The molecule has 4 rings (SSSR count). The second-order valence-electron chi connectivity index (χ2n) is 6.69. The number of rotatable bonds is 4. The first-order chi connectivity index (χ1) is 13.4. The van der Waals surface area contributed by atoms with Gasteiger partial charge in [0.15, 0.2) is 0 Å². The Morgan fingerprint density at radius 3 is 2.96 bits per heavy atom. The van der Waals surface area contributed by atoms with Gasteiger partial charge in [-0.2, -0.15) is 0 Å². The van der Waals surface area contributed by atoms with E-state index < -0.39 is 7.04 Å². The van der Waals surface area contributed by atoms with Crippen LogP contribution in [-0.4, -0.2) is 44.6 Å². The van der Waals surface area contributed by atoms with E-state index in [1.54, 1.807) is 23.3 Å². The number of hydrogen-bond donors (Lipinski definition) is 1. The summed E-state index contributed by atoms with van der Waals surface area (Å²) in [5, 5.41) is 3.07. The van der Waals surface area contributed by atoms with E-state index in [1.165, 1.54) is 0 Å². The molecule has 0 saturated heterocycles. The van der Waals surface area contributed by atoms with Crippen molar-refractivity contribution in [2.75, 3.05) is 7.04 Å². The lowest BCUT2D eigenvalue weighted by Crippen LogP contribution is -2.39. The Bertz CT molecular complexity index is 846. The molecule has 1 amide bonds. The average molecular weight is 344 g/mol. The van der Waals surface area contributed by atoms with Crippen molar-refractivity contribution >= 4 is 5.91 Å². The number of carbonyl (C=O) groups excluding carboxylic acids is 1. The molecule has 0 spiro atoms. The van der Waals surface area contributed by atoms with E-state index in [4.69, 9.17) is 8.85 Å². The maximum absolute atomic E-state index is 13.0. The van der Waals surface area contributed by atoms with Crippen LogP contribution in [0, 0.1) is 0 Å². The molecule has 2 aliphatic carbocycles. The summed E-state index contributed by atoms with van der Waals surface area (Å²) in [6.45, 7) is 0. The Labute approximate surface area is 151 Å². The summed E-state index contributed by atoms with van der Waals surface area (Å²) in [6.07, 6.45) is 9.97. The molecule has 0 radical (unpaired) electrons. The molecule has 132 valence electrons. The van der Waals surface area contributed by atoms with Crippen molar-refractivity contribution in [2.45, 2.75) is 57.1 Å².